The first-order valence-corrected chi connectivity index (χ1v) is 7.62. The van der Waals surface area contributed by atoms with E-state index in [0.29, 0.717) is 11.3 Å². The molecule has 5 heteroatoms. The molecule has 116 valence electrons. The molecule has 1 aliphatic heterocycles. The van der Waals surface area contributed by atoms with Crippen molar-refractivity contribution >= 4 is 11.4 Å². The summed E-state index contributed by atoms with van der Waals surface area (Å²) in [6, 6.07) is 15.1. The number of nitriles is 1. The van der Waals surface area contributed by atoms with Crippen LogP contribution in [-0.2, 0) is 0 Å². The number of nitro groups is 1. The van der Waals surface area contributed by atoms with Crippen molar-refractivity contribution < 1.29 is 4.92 Å². The second-order valence-corrected chi connectivity index (χ2v) is 5.84. The van der Waals surface area contributed by atoms with E-state index in [2.05, 4.69) is 17.0 Å². The number of nitro benzene ring substituents is 1. The molecule has 0 aliphatic carbocycles. The van der Waals surface area contributed by atoms with Crippen LogP contribution in [0.5, 0.6) is 0 Å². The standard InChI is InChI=1S/C18H17N3O2/c1-13-4-2-5-15(10-13)16-6-3-9-20(16)17-8-7-14(12-19)11-18(17)21(22)23/h2,4-5,7-8,10-11,16H,3,6,9H2,1H3. The zero-order chi connectivity index (χ0) is 16.4. The van der Waals surface area contributed by atoms with Gasteiger partial charge in [-0.2, -0.15) is 5.26 Å². The monoisotopic (exact) mass is 307 g/mol. The average Bonchev–Trinajstić information content (AvgIpc) is 3.03. The molecular weight excluding hydrogens is 290 g/mol. The fraction of sp³-hybridized carbons (Fsp3) is 0.278. The molecule has 1 saturated heterocycles. The number of aryl methyl sites for hydroxylation is 1. The smallest absolute Gasteiger partial charge is 0.293 e. The molecule has 1 unspecified atom stereocenters. The molecule has 0 aromatic heterocycles. The summed E-state index contributed by atoms with van der Waals surface area (Å²) in [5.41, 5.74) is 3.28. The molecular formula is C18H17N3O2. The maximum atomic E-state index is 11.4. The van der Waals surface area contributed by atoms with Gasteiger partial charge in [0.15, 0.2) is 0 Å². The van der Waals surface area contributed by atoms with Crippen LogP contribution < -0.4 is 4.90 Å². The Kier molecular flexibility index (Phi) is 3.98. The van der Waals surface area contributed by atoms with Crippen LogP contribution >= 0.6 is 0 Å². The van der Waals surface area contributed by atoms with Gasteiger partial charge in [-0.15, -0.1) is 0 Å². The highest BCUT2D eigenvalue weighted by Crippen LogP contribution is 2.40. The van der Waals surface area contributed by atoms with Crippen LogP contribution in [0, 0.1) is 28.4 Å². The van der Waals surface area contributed by atoms with E-state index in [9.17, 15) is 10.1 Å². The molecule has 0 saturated carbocycles. The Morgan fingerprint density at radius 2 is 2.13 bits per heavy atom. The fourth-order valence-electron chi connectivity index (χ4n) is 3.26. The summed E-state index contributed by atoms with van der Waals surface area (Å²) in [4.78, 5) is 13.1. The zero-order valence-electron chi connectivity index (χ0n) is 12.9. The normalized spacial score (nSPS) is 17.0. The molecule has 1 atom stereocenters. The van der Waals surface area contributed by atoms with Crippen LogP contribution in [0.2, 0.25) is 0 Å². The predicted molar refractivity (Wildman–Crippen MR) is 88.3 cm³/mol. The Morgan fingerprint density at radius 1 is 1.30 bits per heavy atom. The van der Waals surface area contributed by atoms with Gasteiger partial charge < -0.3 is 4.90 Å². The number of hydrogen-bond donors (Lipinski definition) is 0. The van der Waals surface area contributed by atoms with Crippen LogP contribution in [0.1, 0.15) is 35.6 Å². The third kappa shape index (κ3) is 2.88. The molecule has 0 radical (unpaired) electrons. The van der Waals surface area contributed by atoms with Crippen molar-refractivity contribution in [1.82, 2.24) is 0 Å². The average molecular weight is 307 g/mol. The number of rotatable bonds is 3. The summed E-state index contributed by atoms with van der Waals surface area (Å²) < 4.78 is 0. The summed E-state index contributed by atoms with van der Waals surface area (Å²) >= 11 is 0. The highest BCUT2D eigenvalue weighted by molar-refractivity contribution is 5.67. The lowest BCUT2D eigenvalue weighted by molar-refractivity contribution is -0.384. The van der Waals surface area contributed by atoms with Gasteiger partial charge in [0.25, 0.3) is 5.69 Å². The van der Waals surface area contributed by atoms with E-state index in [0.717, 1.165) is 19.4 Å². The highest BCUT2D eigenvalue weighted by atomic mass is 16.6. The topological polar surface area (TPSA) is 70.2 Å². The predicted octanol–water partition coefficient (Wildman–Crippen LogP) is 4.12. The SMILES string of the molecule is Cc1cccc(C2CCCN2c2ccc(C#N)cc2[N+](=O)[O-])c1. The molecule has 2 aromatic carbocycles. The highest BCUT2D eigenvalue weighted by Gasteiger charge is 2.31. The second-order valence-electron chi connectivity index (χ2n) is 5.84. The Hall–Kier alpha value is -2.87. The van der Waals surface area contributed by atoms with E-state index >= 15 is 0 Å². The molecule has 1 aliphatic rings. The van der Waals surface area contributed by atoms with Gasteiger partial charge in [-0.25, -0.2) is 0 Å². The first-order chi connectivity index (χ1) is 11.1. The second kappa shape index (κ2) is 6.09. The summed E-state index contributed by atoms with van der Waals surface area (Å²) in [5, 5.41) is 20.4. The third-order valence-corrected chi connectivity index (χ3v) is 4.29. The van der Waals surface area contributed by atoms with Crippen molar-refractivity contribution in [2.75, 3.05) is 11.4 Å². The van der Waals surface area contributed by atoms with E-state index in [1.807, 2.05) is 25.1 Å². The quantitative estimate of drug-likeness (QED) is 0.632. The lowest BCUT2D eigenvalue weighted by atomic mass is 10.0. The number of hydrogen-bond acceptors (Lipinski definition) is 4. The van der Waals surface area contributed by atoms with E-state index in [-0.39, 0.29) is 11.7 Å². The van der Waals surface area contributed by atoms with Crippen LogP contribution in [0.15, 0.2) is 42.5 Å². The number of nitrogens with zero attached hydrogens (tertiary/aromatic N) is 3. The van der Waals surface area contributed by atoms with Gasteiger partial charge in [-0.05, 0) is 37.5 Å². The minimum absolute atomic E-state index is 0.00334. The molecule has 23 heavy (non-hydrogen) atoms. The number of benzene rings is 2. The van der Waals surface area contributed by atoms with Crippen LogP contribution in [0.3, 0.4) is 0 Å². The first kappa shape index (κ1) is 15.0. The van der Waals surface area contributed by atoms with E-state index < -0.39 is 4.92 Å². The molecule has 2 aromatic rings. The summed E-state index contributed by atoms with van der Waals surface area (Å²) in [5.74, 6) is 0. The molecule has 0 bridgehead atoms. The van der Waals surface area contributed by atoms with Gasteiger partial charge in [0.2, 0.25) is 0 Å². The Morgan fingerprint density at radius 3 is 2.83 bits per heavy atom. The molecule has 3 rings (SSSR count). The van der Waals surface area contributed by atoms with Crippen molar-refractivity contribution in [2.24, 2.45) is 0 Å². The molecule has 5 nitrogen and oxygen atoms in total. The van der Waals surface area contributed by atoms with Crippen LogP contribution in [0.25, 0.3) is 0 Å². The van der Waals surface area contributed by atoms with Crippen molar-refractivity contribution in [3.8, 4) is 6.07 Å². The minimum atomic E-state index is -0.401. The minimum Gasteiger partial charge on any atom is -0.359 e. The van der Waals surface area contributed by atoms with Crippen LogP contribution in [-0.4, -0.2) is 11.5 Å². The molecule has 1 fully saturated rings. The third-order valence-electron chi connectivity index (χ3n) is 4.29. The Labute approximate surface area is 134 Å². The van der Waals surface area contributed by atoms with E-state index in [1.54, 1.807) is 12.1 Å². The maximum absolute atomic E-state index is 11.4. The van der Waals surface area contributed by atoms with Crippen LogP contribution in [0.4, 0.5) is 11.4 Å². The zero-order valence-corrected chi connectivity index (χ0v) is 12.9. The van der Waals surface area contributed by atoms with E-state index in [1.165, 1.54) is 17.2 Å². The molecule has 1 heterocycles. The largest absolute Gasteiger partial charge is 0.359 e. The van der Waals surface area contributed by atoms with E-state index in [4.69, 9.17) is 5.26 Å². The van der Waals surface area contributed by atoms with Gasteiger partial charge in [0, 0.05) is 12.6 Å². The Bertz CT molecular complexity index is 795. The molecule has 0 amide bonds. The molecule has 0 N–H and O–H groups in total. The summed E-state index contributed by atoms with van der Waals surface area (Å²) in [7, 11) is 0. The maximum Gasteiger partial charge on any atom is 0.293 e. The Balaban J connectivity index is 2.04. The van der Waals surface area contributed by atoms with Gasteiger partial charge in [0.1, 0.15) is 5.69 Å². The number of anilines is 1. The summed E-state index contributed by atoms with van der Waals surface area (Å²) in [6.45, 7) is 2.83. The van der Waals surface area contributed by atoms with Gasteiger partial charge in [0.05, 0.1) is 22.6 Å². The van der Waals surface area contributed by atoms with Gasteiger partial charge >= 0.3 is 0 Å². The fourth-order valence-corrected chi connectivity index (χ4v) is 3.26. The lowest BCUT2D eigenvalue weighted by Gasteiger charge is -2.27. The van der Waals surface area contributed by atoms with Crippen molar-refractivity contribution in [2.45, 2.75) is 25.8 Å². The first-order valence-electron chi connectivity index (χ1n) is 7.62. The summed E-state index contributed by atoms with van der Waals surface area (Å²) in [6.07, 6.45) is 1.97. The van der Waals surface area contributed by atoms with Crippen molar-refractivity contribution in [1.29, 1.82) is 5.26 Å². The van der Waals surface area contributed by atoms with Gasteiger partial charge in [-0.3, -0.25) is 10.1 Å². The van der Waals surface area contributed by atoms with Gasteiger partial charge in [-0.1, -0.05) is 29.8 Å². The van der Waals surface area contributed by atoms with Crippen molar-refractivity contribution in [3.63, 3.8) is 0 Å². The lowest BCUT2D eigenvalue weighted by Crippen LogP contribution is -2.23. The van der Waals surface area contributed by atoms with Crippen molar-refractivity contribution in [3.05, 3.63) is 69.3 Å². The molecule has 0 spiro atoms.